The molecule has 0 spiro atoms. The summed E-state index contributed by atoms with van der Waals surface area (Å²) in [6, 6.07) is 0. The summed E-state index contributed by atoms with van der Waals surface area (Å²) in [7, 11) is -4.45. The molecule has 48 heavy (non-hydrogen) atoms. The predicted octanol–water partition coefficient (Wildman–Crippen LogP) is -6.36. The first-order valence-corrected chi connectivity index (χ1v) is 17.9. The summed E-state index contributed by atoms with van der Waals surface area (Å²) < 4.78 is 89.1. The number of nitrogens with one attached hydrogen (secondary N) is 1. The van der Waals surface area contributed by atoms with Crippen LogP contribution in [0, 0.1) is 46.3 Å². The number of fused-ring (bicyclic) bond motifs is 5. The minimum absolute atomic E-state index is 0. The van der Waals surface area contributed by atoms with Gasteiger partial charge in [0.05, 0.1) is 35.4 Å². The predicted molar refractivity (Wildman–Crippen MR) is 159 cm³/mol. The van der Waals surface area contributed by atoms with Gasteiger partial charge in [-0.15, -0.1) is 0 Å². The molecule has 15 atom stereocenters. The Kier molecular flexibility index (Phi) is 13.5. The van der Waals surface area contributed by atoms with Crippen molar-refractivity contribution in [1.29, 1.82) is 0 Å². The van der Waals surface area contributed by atoms with Crippen molar-refractivity contribution < 1.29 is 167 Å². The largest absolute Gasteiger partial charge is 1.00 e. The Labute approximate surface area is 376 Å². The van der Waals surface area contributed by atoms with Crippen molar-refractivity contribution in [3.8, 4) is 0 Å². The molecule has 1 amide bonds. The molecule has 4 aliphatic carbocycles. The Hall–Kier alpha value is 1.88. The van der Waals surface area contributed by atoms with Crippen molar-refractivity contribution in [1.82, 2.24) is 5.32 Å². The minimum atomic E-state index is -4.45. The number of hydrogen-bond donors (Lipinski definition) is 5. The summed E-state index contributed by atoms with van der Waals surface area (Å²) in [4.78, 5) is 23.9. The summed E-state index contributed by atoms with van der Waals surface area (Å²) in [6.45, 7) is 5.61. The van der Waals surface area contributed by atoms with Crippen molar-refractivity contribution in [3.05, 3.63) is 0 Å². The number of aliphatic hydroxyl groups excluding tert-OH is 4. The summed E-state index contributed by atoms with van der Waals surface area (Å²) in [5.74, 6) is -4.22. The number of carbonyl (C=O) groups excluding carboxylic acids is 2. The Morgan fingerprint density at radius 1 is 1.08 bits per heavy atom. The number of amides is 1. The molecule has 5 rings (SSSR count). The molecule has 5 fully saturated rings. The number of carboxylic acids is 1. The van der Waals surface area contributed by atoms with Crippen LogP contribution in [0.5, 0.6) is 0 Å². The van der Waals surface area contributed by atoms with Gasteiger partial charge in [0.1, 0.15) is 24.4 Å². The van der Waals surface area contributed by atoms with E-state index in [1.807, 2.05) is 6.92 Å². The molecule has 5 N–H and O–H groups in total. The van der Waals surface area contributed by atoms with E-state index >= 15 is 0 Å². The first kappa shape index (κ1) is 36.8. The summed E-state index contributed by atoms with van der Waals surface area (Å²) in [5.41, 5.74) is -1.60. The molecule has 13 nitrogen and oxygen atoms in total. The first-order chi connectivity index (χ1) is 23.3. The Balaban J connectivity index is 0.00000378. The molecule has 1 aliphatic heterocycles. The Morgan fingerprint density at radius 3 is 2.42 bits per heavy atom. The maximum absolute atomic E-state index is 12.4. The molecule has 3 unspecified atom stereocenters. The Bertz CT molecular complexity index is 1470. The fourth-order valence-electron chi connectivity index (χ4n) is 9.65. The minimum Gasteiger partial charge on any atom is -0.748 e. The maximum Gasteiger partial charge on any atom is 1.00 e. The molecule has 0 aromatic heterocycles. The van der Waals surface area contributed by atoms with E-state index in [-0.39, 0.29) is 170 Å². The van der Waals surface area contributed by atoms with E-state index in [1.54, 1.807) is 6.92 Å². The van der Waals surface area contributed by atoms with Crippen LogP contribution >= 0.6 is 0 Å². The van der Waals surface area contributed by atoms with Gasteiger partial charge in [-0.25, -0.2) is 8.42 Å². The average molecular weight is 757 g/mol. The third kappa shape index (κ3) is 9.04. The summed E-state index contributed by atoms with van der Waals surface area (Å²) in [5, 5.41) is 56.9. The normalized spacial score (nSPS) is 49.7. The zero-order valence-corrected chi connectivity index (χ0v) is 35.5. The Morgan fingerprint density at radius 2 is 1.77 bits per heavy atom. The van der Waals surface area contributed by atoms with Crippen LogP contribution in [0.25, 0.3) is 0 Å². The number of aliphatic carboxylic acids is 1. The van der Waals surface area contributed by atoms with Gasteiger partial charge in [-0.05, 0) is 104 Å². The third-order valence-electron chi connectivity index (χ3n) is 12.2. The van der Waals surface area contributed by atoms with E-state index < -0.39 is 94.2 Å². The quantitative estimate of drug-likeness (QED) is 0.0798. The summed E-state index contributed by atoms with van der Waals surface area (Å²) in [6.07, 6.45) is -17.3. The van der Waals surface area contributed by atoms with E-state index in [2.05, 4.69) is 12.2 Å². The van der Waals surface area contributed by atoms with Crippen molar-refractivity contribution in [3.63, 3.8) is 0 Å². The number of hydrogen-bond acceptors (Lipinski definition) is 12. The van der Waals surface area contributed by atoms with Gasteiger partial charge in [-0.1, -0.05) is 20.8 Å². The SMILES string of the molecule is [2H]C1([2H])C[C@]2(C)C3C[C@H](O)[C@]4(C)[C@@H]([C@H](C)CCC(=O)NCCS(=O)(=O)[O-])CC[C@H]4C3CC[C@@H]2C([2H])([2H])[C@]1([2H])OC1O[C@@H](C(=O)[O-])[C@H](O)[C@@H](O)[C@@H]1O.[K+].[K+]. The van der Waals surface area contributed by atoms with Gasteiger partial charge in [0.15, 0.2) is 6.29 Å². The van der Waals surface area contributed by atoms with Gasteiger partial charge in [-0.2, -0.15) is 0 Å². The van der Waals surface area contributed by atoms with Crippen LogP contribution in [0.2, 0.25) is 0 Å². The van der Waals surface area contributed by atoms with Gasteiger partial charge in [-0.3, -0.25) is 4.79 Å². The van der Waals surface area contributed by atoms with Gasteiger partial charge in [0.25, 0.3) is 0 Å². The number of carbonyl (C=O) groups is 2. The van der Waals surface area contributed by atoms with E-state index in [1.165, 1.54) is 0 Å². The monoisotopic (exact) mass is 756 g/mol. The van der Waals surface area contributed by atoms with Crippen molar-refractivity contribution in [2.45, 2.75) is 128 Å². The second-order valence-electron chi connectivity index (χ2n) is 14.6. The zero-order valence-electron chi connectivity index (χ0n) is 33.5. The van der Waals surface area contributed by atoms with E-state index in [0.29, 0.717) is 12.8 Å². The molecule has 1 heterocycles. The second-order valence-corrected chi connectivity index (χ2v) is 16.1. The average Bonchev–Trinajstić information content (AvgIpc) is 3.37. The molecule has 5 aliphatic rings. The van der Waals surface area contributed by atoms with Crippen molar-refractivity contribution in [2.24, 2.45) is 46.3 Å². The number of aliphatic hydroxyl groups is 4. The van der Waals surface area contributed by atoms with E-state index in [0.717, 1.165) is 12.8 Å². The third-order valence-corrected chi connectivity index (χ3v) is 12.9. The van der Waals surface area contributed by atoms with E-state index in [9.17, 15) is 52.2 Å². The number of ether oxygens (including phenoxy) is 2. The van der Waals surface area contributed by atoms with Crippen LogP contribution in [-0.2, 0) is 29.2 Å². The van der Waals surface area contributed by atoms with Crippen LogP contribution < -0.4 is 113 Å². The molecule has 0 aromatic rings. The molecule has 1 saturated heterocycles. The molecular weight excluding hydrogens is 701 g/mol. The van der Waals surface area contributed by atoms with Crippen LogP contribution in [0.1, 0.15) is 91.7 Å². The van der Waals surface area contributed by atoms with Gasteiger partial charge in [0.2, 0.25) is 5.91 Å². The number of carboxylic acid groups (broad SMARTS) is 1. The molecule has 0 radical (unpaired) electrons. The zero-order chi connectivity index (χ0) is 38.3. The fourth-order valence-corrected chi connectivity index (χ4v) is 10.00. The van der Waals surface area contributed by atoms with Crippen LogP contribution in [0.3, 0.4) is 0 Å². The van der Waals surface area contributed by atoms with E-state index in [4.69, 9.17) is 12.2 Å². The molecule has 16 heteroatoms. The number of rotatable bonds is 10. The molecule has 0 bridgehead atoms. The van der Waals surface area contributed by atoms with Crippen LogP contribution in [0.15, 0.2) is 0 Å². The van der Waals surface area contributed by atoms with Crippen LogP contribution in [-0.4, -0.2) is 100 Å². The van der Waals surface area contributed by atoms with Gasteiger partial charge in [0, 0.05) is 18.4 Å². The molecule has 4 saturated carbocycles. The van der Waals surface area contributed by atoms with Crippen LogP contribution in [0.4, 0.5) is 0 Å². The fraction of sp³-hybridized carbons (Fsp3) is 0.938. The maximum atomic E-state index is 12.4. The molecule has 264 valence electrons. The van der Waals surface area contributed by atoms with Gasteiger partial charge < -0.3 is 49.7 Å². The van der Waals surface area contributed by atoms with Crippen molar-refractivity contribution in [2.75, 3.05) is 12.3 Å². The molecule has 0 aromatic carbocycles. The van der Waals surface area contributed by atoms with Gasteiger partial charge >= 0.3 is 103 Å². The summed E-state index contributed by atoms with van der Waals surface area (Å²) >= 11 is 0. The molecular formula is C32H51K2NO12S. The second kappa shape index (κ2) is 17.6. The first-order valence-electron chi connectivity index (χ1n) is 18.8. The topological polar surface area (TPSA) is 226 Å². The smallest absolute Gasteiger partial charge is 0.748 e. The standard InChI is InChI=1S/C32H53NO12S.2K/c1-16(4-9-24(35)33-12-13-46(41,42)43)20-7-8-21-19-6-5-17-14-18(10-11-31(17,2)22(19)15-23(34)32(20,21)3)44-30-27(38)25(36)26(37)28(45-30)29(39)40;;/h16-23,25-28,30,34,36-38H,4-15H2,1-3H3,(H,33,35)(H,39,40)(H,41,42,43);;/q;2*+1/p-2/t16-,17-,18-,19?,20-,21+,22?,23+,25-,26-,27+,28-,30?,31+,32-;;/m1../s1/i10D2,14D2,18D;;. The van der Waals surface area contributed by atoms with Crippen molar-refractivity contribution >= 4 is 22.0 Å².